The number of ether oxygens (including phenoxy) is 2. The maximum atomic E-state index is 12.8. The summed E-state index contributed by atoms with van der Waals surface area (Å²) in [6.07, 6.45) is 3.91. The second kappa shape index (κ2) is 6.90. The summed E-state index contributed by atoms with van der Waals surface area (Å²) >= 11 is 0. The van der Waals surface area contributed by atoms with Crippen LogP contribution in [0.3, 0.4) is 0 Å². The van der Waals surface area contributed by atoms with Gasteiger partial charge in [-0.05, 0) is 41.8 Å². The van der Waals surface area contributed by atoms with Gasteiger partial charge in [0, 0.05) is 25.5 Å². The van der Waals surface area contributed by atoms with E-state index in [2.05, 4.69) is 4.98 Å². The van der Waals surface area contributed by atoms with Gasteiger partial charge in [-0.1, -0.05) is 0 Å². The first-order valence-corrected chi connectivity index (χ1v) is 8.86. The lowest BCUT2D eigenvalue weighted by molar-refractivity contribution is -0.139. The Morgan fingerprint density at radius 2 is 2.00 bits per heavy atom. The van der Waals surface area contributed by atoms with Crippen molar-refractivity contribution in [3.8, 4) is 11.5 Å². The predicted octanol–water partition coefficient (Wildman–Crippen LogP) is 1.68. The van der Waals surface area contributed by atoms with Gasteiger partial charge in [0.05, 0.1) is 25.8 Å². The maximum absolute atomic E-state index is 12.8. The Kier molecular flexibility index (Phi) is 4.43. The topological polar surface area (TPSA) is 72.0 Å². The molecule has 1 aromatic carbocycles. The monoisotopic (exact) mass is 367 g/mol. The lowest BCUT2D eigenvalue weighted by Crippen LogP contribution is -2.55. The standard InChI is InChI=1S/C20H21N3O4/c1-26-17-8-13-5-7-23-16(15(13)9-18(17)27-2)11-22(12-19(23)24)20(25)14-4-3-6-21-10-14/h3-4,6,8-10,16H,5,7,11-12H2,1-2H3. The van der Waals surface area contributed by atoms with Crippen LogP contribution in [0.2, 0.25) is 0 Å². The van der Waals surface area contributed by atoms with Crippen molar-refractivity contribution in [1.29, 1.82) is 0 Å². The number of amides is 2. The number of nitrogens with zero attached hydrogens (tertiary/aromatic N) is 3. The zero-order valence-corrected chi connectivity index (χ0v) is 15.3. The van der Waals surface area contributed by atoms with E-state index in [1.807, 2.05) is 17.0 Å². The van der Waals surface area contributed by atoms with Crippen LogP contribution in [-0.4, -0.2) is 60.5 Å². The van der Waals surface area contributed by atoms with Crippen molar-refractivity contribution in [1.82, 2.24) is 14.8 Å². The molecule has 1 saturated heterocycles. The van der Waals surface area contributed by atoms with Gasteiger partial charge in [0.1, 0.15) is 6.54 Å². The lowest BCUT2D eigenvalue weighted by Gasteiger charge is -2.44. The van der Waals surface area contributed by atoms with E-state index in [9.17, 15) is 9.59 Å². The number of piperazine rings is 1. The molecule has 0 radical (unpaired) electrons. The molecule has 0 bridgehead atoms. The molecule has 1 unspecified atom stereocenters. The Morgan fingerprint density at radius 3 is 2.70 bits per heavy atom. The van der Waals surface area contributed by atoms with Gasteiger partial charge in [0.2, 0.25) is 5.91 Å². The molecule has 27 heavy (non-hydrogen) atoms. The third-order valence-corrected chi connectivity index (χ3v) is 5.24. The maximum Gasteiger partial charge on any atom is 0.255 e. The average Bonchev–Trinajstić information content (AvgIpc) is 2.72. The summed E-state index contributed by atoms with van der Waals surface area (Å²) in [5.74, 6) is 1.09. The number of hydrogen-bond acceptors (Lipinski definition) is 5. The van der Waals surface area contributed by atoms with Gasteiger partial charge in [-0.25, -0.2) is 0 Å². The minimum absolute atomic E-state index is 0.0380. The molecule has 0 spiro atoms. The zero-order chi connectivity index (χ0) is 19.0. The summed E-state index contributed by atoms with van der Waals surface area (Å²) < 4.78 is 10.8. The van der Waals surface area contributed by atoms with Crippen LogP contribution in [-0.2, 0) is 11.2 Å². The molecule has 3 heterocycles. The van der Waals surface area contributed by atoms with E-state index < -0.39 is 0 Å². The van der Waals surface area contributed by atoms with Crippen LogP contribution in [0.15, 0.2) is 36.7 Å². The van der Waals surface area contributed by atoms with Crippen molar-refractivity contribution in [3.63, 3.8) is 0 Å². The summed E-state index contributed by atoms with van der Waals surface area (Å²) in [5, 5.41) is 0. The first-order valence-electron chi connectivity index (χ1n) is 8.86. The molecular weight excluding hydrogens is 346 g/mol. The Labute approximate surface area is 157 Å². The quantitative estimate of drug-likeness (QED) is 0.825. The highest BCUT2D eigenvalue weighted by Gasteiger charge is 2.39. The summed E-state index contributed by atoms with van der Waals surface area (Å²) in [7, 11) is 3.20. The number of benzene rings is 1. The molecule has 0 saturated carbocycles. The van der Waals surface area contributed by atoms with Crippen LogP contribution >= 0.6 is 0 Å². The normalized spacial score (nSPS) is 18.6. The van der Waals surface area contributed by atoms with Crippen LogP contribution in [0.5, 0.6) is 11.5 Å². The first-order chi connectivity index (χ1) is 13.1. The average molecular weight is 367 g/mol. The molecule has 1 fully saturated rings. The Morgan fingerprint density at radius 1 is 1.22 bits per heavy atom. The van der Waals surface area contributed by atoms with E-state index in [1.165, 1.54) is 6.20 Å². The Bertz CT molecular complexity index is 884. The van der Waals surface area contributed by atoms with Crippen molar-refractivity contribution in [3.05, 3.63) is 53.3 Å². The van der Waals surface area contributed by atoms with Crippen LogP contribution < -0.4 is 9.47 Å². The summed E-state index contributed by atoms with van der Waals surface area (Å²) in [4.78, 5) is 33.0. The van der Waals surface area contributed by atoms with Crippen molar-refractivity contribution < 1.29 is 19.1 Å². The molecule has 1 atom stereocenters. The number of pyridine rings is 1. The van der Waals surface area contributed by atoms with Crippen LogP contribution in [0, 0.1) is 0 Å². The largest absolute Gasteiger partial charge is 0.493 e. The van der Waals surface area contributed by atoms with Crippen molar-refractivity contribution >= 4 is 11.8 Å². The second-order valence-corrected chi connectivity index (χ2v) is 6.69. The Balaban J connectivity index is 1.68. The Hall–Kier alpha value is -3.09. The highest BCUT2D eigenvalue weighted by molar-refractivity contribution is 5.97. The fraction of sp³-hybridized carbons (Fsp3) is 0.350. The van der Waals surface area contributed by atoms with Gasteiger partial charge in [0.25, 0.3) is 5.91 Å². The third kappa shape index (κ3) is 2.99. The fourth-order valence-corrected chi connectivity index (χ4v) is 3.88. The van der Waals surface area contributed by atoms with E-state index in [0.717, 1.165) is 17.5 Å². The van der Waals surface area contributed by atoms with Gasteiger partial charge in [0.15, 0.2) is 11.5 Å². The van der Waals surface area contributed by atoms with E-state index in [4.69, 9.17) is 9.47 Å². The molecule has 2 aliphatic rings. The highest BCUT2D eigenvalue weighted by atomic mass is 16.5. The zero-order valence-electron chi connectivity index (χ0n) is 15.3. The minimum atomic E-state index is -0.185. The summed E-state index contributed by atoms with van der Waals surface area (Å²) in [6, 6.07) is 7.15. The van der Waals surface area contributed by atoms with Crippen LogP contribution in [0.4, 0.5) is 0 Å². The van der Waals surface area contributed by atoms with E-state index in [0.29, 0.717) is 30.2 Å². The predicted molar refractivity (Wildman–Crippen MR) is 97.8 cm³/mol. The summed E-state index contributed by atoms with van der Waals surface area (Å²) in [6.45, 7) is 1.18. The molecule has 4 rings (SSSR count). The van der Waals surface area contributed by atoms with Gasteiger partial charge in [-0.15, -0.1) is 0 Å². The van der Waals surface area contributed by atoms with Gasteiger partial charge in [-0.3, -0.25) is 14.6 Å². The molecule has 1 aromatic heterocycles. The highest BCUT2D eigenvalue weighted by Crippen LogP contribution is 2.39. The SMILES string of the molecule is COc1cc2c(cc1OC)C1CN(C(=O)c3cccnc3)CC(=O)N1CC2. The number of fused-ring (bicyclic) bond motifs is 3. The minimum Gasteiger partial charge on any atom is -0.493 e. The third-order valence-electron chi connectivity index (χ3n) is 5.24. The number of carbonyl (C=O) groups is 2. The molecule has 0 aliphatic carbocycles. The van der Waals surface area contributed by atoms with Crippen molar-refractivity contribution in [2.45, 2.75) is 12.5 Å². The first kappa shape index (κ1) is 17.3. The number of hydrogen-bond donors (Lipinski definition) is 0. The smallest absolute Gasteiger partial charge is 0.255 e. The number of rotatable bonds is 3. The van der Waals surface area contributed by atoms with Gasteiger partial charge >= 0.3 is 0 Å². The van der Waals surface area contributed by atoms with Crippen LogP contribution in [0.25, 0.3) is 0 Å². The number of carbonyl (C=O) groups excluding carboxylic acids is 2. The number of aromatic nitrogens is 1. The van der Waals surface area contributed by atoms with Gasteiger partial charge < -0.3 is 19.3 Å². The molecule has 7 heteroatoms. The van der Waals surface area contributed by atoms with Crippen molar-refractivity contribution in [2.75, 3.05) is 33.9 Å². The second-order valence-electron chi connectivity index (χ2n) is 6.69. The fourth-order valence-electron chi connectivity index (χ4n) is 3.88. The lowest BCUT2D eigenvalue weighted by atomic mass is 9.90. The van der Waals surface area contributed by atoms with Gasteiger partial charge in [-0.2, -0.15) is 0 Å². The summed E-state index contributed by atoms with van der Waals surface area (Å²) in [5.41, 5.74) is 2.62. The molecular formula is C20H21N3O4. The van der Waals surface area contributed by atoms with Crippen molar-refractivity contribution in [2.24, 2.45) is 0 Å². The van der Waals surface area contributed by atoms with E-state index in [1.54, 1.807) is 37.4 Å². The number of methoxy groups -OCH3 is 2. The molecule has 7 nitrogen and oxygen atoms in total. The van der Waals surface area contributed by atoms with Crippen LogP contribution in [0.1, 0.15) is 27.5 Å². The van der Waals surface area contributed by atoms with E-state index >= 15 is 0 Å². The van der Waals surface area contributed by atoms with E-state index in [-0.39, 0.29) is 24.4 Å². The molecule has 0 N–H and O–H groups in total. The molecule has 2 aromatic rings. The molecule has 2 amide bonds. The molecule has 140 valence electrons. The molecule has 2 aliphatic heterocycles.